The summed E-state index contributed by atoms with van der Waals surface area (Å²) in [4.78, 5) is 5.36. The van der Waals surface area contributed by atoms with E-state index in [1.165, 1.54) is 6.07 Å². The van der Waals surface area contributed by atoms with E-state index in [-0.39, 0.29) is 11.4 Å². The number of aromatic amines is 2. The average Bonchev–Trinajstić information content (AvgIpc) is 2.87. The maximum absolute atomic E-state index is 12.3. The summed E-state index contributed by atoms with van der Waals surface area (Å²) in [5.74, 6) is 0. The molecule has 0 bridgehead atoms. The summed E-state index contributed by atoms with van der Waals surface area (Å²) in [5.41, 5.74) is 10.0. The van der Waals surface area contributed by atoms with Gasteiger partial charge in [-0.1, -0.05) is 0 Å². The lowest BCUT2D eigenvalue weighted by atomic mass is 10.2. The van der Waals surface area contributed by atoms with E-state index < -0.39 is 23.5 Å². The summed E-state index contributed by atoms with van der Waals surface area (Å²) in [6.07, 6.45) is -8.68. The molecule has 140 valence electrons. The minimum atomic E-state index is -4.36. The van der Waals surface area contributed by atoms with Crippen molar-refractivity contribution < 1.29 is 26.3 Å². The zero-order chi connectivity index (χ0) is 19.7. The number of nitrogens with two attached hydrogens (primary N) is 2. The first-order chi connectivity index (χ1) is 11.9. The van der Waals surface area contributed by atoms with Gasteiger partial charge in [0.1, 0.15) is 0 Å². The van der Waals surface area contributed by atoms with Crippen LogP contribution in [0.25, 0.3) is 11.0 Å². The number of rotatable bonds is 0. The van der Waals surface area contributed by atoms with E-state index in [0.717, 1.165) is 30.3 Å². The van der Waals surface area contributed by atoms with Crippen LogP contribution < -0.4 is 11.5 Å². The van der Waals surface area contributed by atoms with Crippen LogP contribution in [0.4, 0.5) is 37.7 Å². The van der Waals surface area contributed by atoms with Crippen molar-refractivity contribution in [2.75, 3.05) is 11.5 Å². The largest absolute Gasteiger partial charge is 0.416 e. The van der Waals surface area contributed by atoms with Gasteiger partial charge in [-0.15, -0.1) is 0 Å². The van der Waals surface area contributed by atoms with Crippen molar-refractivity contribution in [1.82, 2.24) is 9.97 Å². The Morgan fingerprint density at radius 3 is 1.73 bits per heavy atom. The highest BCUT2D eigenvalue weighted by Gasteiger charge is 2.31. The fourth-order valence-electron chi connectivity index (χ4n) is 1.96. The van der Waals surface area contributed by atoms with E-state index >= 15 is 0 Å². The first kappa shape index (κ1) is 19.6. The molecule has 1 heterocycles. The van der Waals surface area contributed by atoms with Crippen LogP contribution in [0.3, 0.4) is 0 Å². The first-order valence-electron chi connectivity index (χ1n) is 6.89. The zero-order valence-corrected chi connectivity index (χ0v) is 13.6. The summed E-state index contributed by atoms with van der Waals surface area (Å²) in [6, 6.07) is 6.24. The number of hydrogen-bond donors (Lipinski definition) is 4. The van der Waals surface area contributed by atoms with Gasteiger partial charge in [0.05, 0.1) is 33.5 Å². The van der Waals surface area contributed by atoms with Gasteiger partial charge in [-0.2, -0.15) is 26.3 Å². The normalized spacial score (nSPS) is 11.9. The van der Waals surface area contributed by atoms with Gasteiger partial charge in [-0.3, -0.25) is 0 Å². The fraction of sp³-hybridized carbons (Fsp3) is 0.133. The lowest BCUT2D eigenvalue weighted by molar-refractivity contribution is -0.138. The molecule has 0 saturated heterocycles. The standard InChI is InChI=1S/C8H5F3N2S.C7H7F3N2/c9-8(10,11)4-1-2-5-6(3-4)13-7(14)12-5;8-7(9,10)4-1-2-5(11)6(12)3-4/h1-3H,(H2,12,13,14);1-3H,11-12H2. The highest BCUT2D eigenvalue weighted by Crippen LogP contribution is 2.32. The maximum Gasteiger partial charge on any atom is 0.416 e. The molecule has 0 fully saturated rings. The topological polar surface area (TPSA) is 83.6 Å². The number of aromatic nitrogens is 2. The number of imidazole rings is 1. The third-order valence-corrected chi connectivity index (χ3v) is 3.46. The molecule has 4 nitrogen and oxygen atoms in total. The SMILES string of the molecule is FC(F)(F)c1ccc2[nH]c(=S)[nH]c2c1.Nc1ccc(C(F)(F)F)cc1N. The Labute approximate surface area is 147 Å². The lowest BCUT2D eigenvalue weighted by Gasteiger charge is -2.07. The van der Waals surface area contributed by atoms with Gasteiger partial charge in [-0.05, 0) is 48.6 Å². The van der Waals surface area contributed by atoms with Gasteiger partial charge in [-0.25, -0.2) is 0 Å². The summed E-state index contributed by atoms with van der Waals surface area (Å²) >= 11 is 4.76. The molecular weight excluding hydrogens is 382 g/mol. The third-order valence-electron chi connectivity index (χ3n) is 3.26. The molecular formula is C15H12F6N4S. The second kappa shape index (κ2) is 6.90. The summed E-state index contributed by atoms with van der Waals surface area (Å²) in [6.45, 7) is 0. The third kappa shape index (κ3) is 4.69. The van der Waals surface area contributed by atoms with Crippen LogP contribution in [0.2, 0.25) is 0 Å². The van der Waals surface area contributed by atoms with Crippen molar-refractivity contribution in [1.29, 1.82) is 0 Å². The van der Waals surface area contributed by atoms with E-state index in [9.17, 15) is 26.3 Å². The highest BCUT2D eigenvalue weighted by molar-refractivity contribution is 7.71. The molecule has 11 heteroatoms. The number of hydrogen-bond acceptors (Lipinski definition) is 3. The Hall–Kier alpha value is -2.69. The minimum Gasteiger partial charge on any atom is -0.397 e. The van der Waals surface area contributed by atoms with E-state index in [4.69, 9.17) is 23.7 Å². The second-order valence-corrected chi connectivity index (χ2v) is 5.59. The quantitative estimate of drug-likeness (QED) is 0.243. The van der Waals surface area contributed by atoms with Crippen LogP contribution in [0.15, 0.2) is 36.4 Å². The van der Waals surface area contributed by atoms with Crippen LogP contribution in [-0.4, -0.2) is 9.97 Å². The van der Waals surface area contributed by atoms with Crippen LogP contribution in [0.5, 0.6) is 0 Å². The maximum atomic E-state index is 12.3. The Balaban J connectivity index is 0.000000190. The number of fused-ring (bicyclic) bond motifs is 1. The van der Waals surface area contributed by atoms with Crippen molar-refractivity contribution in [2.24, 2.45) is 0 Å². The molecule has 0 saturated carbocycles. The molecule has 0 unspecified atom stereocenters. The molecule has 6 N–H and O–H groups in total. The van der Waals surface area contributed by atoms with Crippen molar-refractivity contribution in [3.05, 3.63) is 52.3 Å². The number of alkyl halides is 6. The Kier molecular flexibility index (Phi) is 5.21. The van der Waals surface area contributed by atoms with E-state index in [2.05, 4.69) is 9.97 Å². The number of halogens is 6. The number of nitrogens with one attached hydrogen (secondary N) is 2. The molecule has 0 aliphatic heterocycles. The molecule has 0 aliphatic carbocycles. The smallest absolute Gasteiger partial charge is 0.397 e. The molecule has 0 aliphatic rings. The van der Waals surface area contributed by atoms with E-state index in [0.29, 0.717) is 15.8 Å². The van der Waals surface area contributed by atoms with Gasteiger partial charge in [0.2, 0.25) is 0 Å². The van der Waals surface area contributed by atoms with Gasteiger partial charge in [0.25, 0.3) is 0 Å². The molecule has 26 heavy (non-hydrogen) atoms. The first-order valence-corrected chi connectivity index (χ1v) is 7.30. The molecule has 0 atom stereocenters. The van der Waals surface area contributed by atoms with E-state index in [1.807, 2.05) is 0 Å². The van der Waals surface area contributed by atoms with Crippen molar-refractivity contribution in [2.45, 2.75) is 12.4 Å². The molecule has 2 aromatic carbocycles. The predicted octanol–water partition coefficient (Wildman–Crippen LogP) is 5.11. The summed E-state index contributed by atoms with van der Waals surface area (Å²) < 4.78 is 73.1. The summed E-state index contributed by atoms with van der Waals surface area (Å²) in [5, 5.41) is 0. The molecule has 0 radical (unpaired) electrons. The lowest BCUT2D eigenvalue weighted by Crippen LogP contribution is -2.06. The van der Waals surface area contributed by atoms with Crippen molar-refractivity contribution in [3.8, 4) is 0 Å². The minimum absolute atomic E-state index is 0.0511. The molecule has 3 rings (SSSR count). The predicted molar refractivity (Wildman–Crippen MR) is 88.8 cm³/mol. The zero-order valence-electron chi connectivity index (χ0n) is 12.8. The van der Waals surface area contributed by atoms with Gasteiger partial charge in [0.15, 0.2) is 4.77 Å². The molecule has 0 spiro atoms. The highest BCUT2D eigenvalue weighted by atomic mass is 32.1. The van der Waals surface area contributed by atoms with Crippen LogP contribution in [-0.2, 0) is 12.4 Å². The number of benzene rings is 2. The van der Waals surface area contributed by atoms with Gasteiger partial charge < -0.3 is 21.4 Å². The van der Waals surface area contributed by atoms with Crippen LogP contribution in [0, 0.1) is 4.77 Å². The van der Waals surface area contributed by atoms with E-state index in [1.54, 1.807) is 0 Å². The number of nitrogen functional groups attached to an aromatic ring is 2. The number of H-pyrrole nitrogens is 2. The molecule has 1 aromatic heterocycles. The van der Waals surface area contributed by atoms with Crippen molar-refractivity contribution >= 4 is 34.6 Å². The second-order valence-electron chi connectivity index (χ2n) is 5.18. The molecule has 3 aromatic rings. The van der Waals surface area contributed by atoms with Gasteiger partial charge in [0, 0.05) is 0 Å². The Bertz CT molecular complexity index is 971. The fourth-order valence-corrected chi connectivity index (χ4v) is 2.18. The Morgan fingerprint density at radius 2 is 1.19 bits per heavy atom. The van der Waals surface area contributed by atoms with Crippen molar-refractivity contribution in [3.63, 3.8) is 0 Å². The monoisotopic (exact) mass is 394 g/mol. The summed E-state index contributed by atoms with van der Waals surface area (Å²) in [7, 11) is 0. The average molecular weight is 394 g/mol. The van der Waals surface area contributed by atoms with Crippen LogP contribution >= 0.6 is 12.2 Å². The number of anilines is 2. The van der Waals surface area contributed by atoms with Gasteiger partial charge >= 0.3 is 12.4 Å². The Morgan fingerprint density at radius 1 is 0.692 bits per heavy atom. The van der Waals surface area contributed by atoms with Crippen LogP contribution in [0.1, 0.15) is 11.1 Å². The molecule has 0 amide bonds.